The van der Waals surface area contributed by atoms with Crippen molar-refractivity contribution in [1.82, 2.24) is 0 Å². The van der Waals surface area contributed by atoms with Crippen molar-refractivity contribution in [3.63, 3.8) is 0 Å². The van der Waals surface area contributed by atoms with Gasteiger partial charge in [-0.15, -0.1) is 0 Å². The van der Waals surface area contributed by atoms with Gasteiger partial charge in [0.15, 0.2) is 6.10 Å². The van der Waals surface area contributed by atoms with Gasteiger partial charge in [-0.25, -0.2) is 4.57 Å². The van der Waals surface area contributed by atoms with Crippen LogP contribution in [0.4, 0.5) is 0 Å². The van der Waals surface area contributed by atoms with E-state index in [0.717, 1.165) is 64.2 Å². The van der Waals surface area contributed by atoms with Crippen LogP contribution in [0.15, 0.2) is 85.1 Å². The molecule has 0 spiro atoms. The van der Waals surface area contributed by atoms with Gasteiger partial charge in [-0.1, -0.05) is 150 Å². The first-order valence-corrected chi connectivity index (χ1v) is 23.5. The number of hydrogen-bond donors (Lipinski definition) is 6. The number of phosphoric acid groups is 1. The maximum absolute atomic E-state index is 12.8. The molecule has 1 aliphatic carbocycles. The number of rotatable bonds is 34. The maximum Gasteiger partial charge on any atom is 0.472 e. The number of carbonyl (C=O) groups excluding carboxylic acids is 2. The number of ether oxygens (including phenoxy) is 2. The first kappa shape index (κ1) is 55.0. The molecule has 13 nitrogen and oxygen atoms in total. The Kier molecular flexibility index (Phi) is 32.7. The van der Waals surface area contributed by atoms with Gasteiger partial charge < -0.3 is 39.9 Å². The van der Waals surface area contributed by atoms with Crippen LogP contribution in [0.25, 0.3) is 0 Å². The molecule has 1 rings (SSSR count). The van der Waals surface area contributed by atoms with Crippen LogP contribution in [-0.4, -0.2) is 98.3 Å². The second-order valence-corrected chi connectivity index (χ2v) is 16.4. The Morgan fingerprint density at radius 2 is 0.950 bits per heavy atom. The Hall–Kier alpha value is -2.97. The van der Waals surface area contributed by atoms with Crippen LogP contribution >= 0.6 is 7.82 Å². The van der Waals surface area contributed by atoms with E-state index in [-0.39, 0.29) is 12.8 Å². The van der Waals surface area contributed by atoms with Crippen molar-refractivity contribution < 1.29 is 63.1 Å². The molecule has 0 aromatic rings. The van der Waals surface area contributed by atoms with Crippen LogP contribution in [0, 0.1) is 0 Å². The fourth-order valence-electron chi connectivity index (χ4n) is 6.06. The van der Waals surface area contributed by atoms with Crippen molar-refractivity contribution in [3.8, 4) is 0 Å². The quantitative estimate of drug-likeness (QED) is 0.0157. The molecule has 0 aromatic heterocycles. The van der Waals surface area contributed by atoms with Crippen molar-refractivity contribution in [2.24, 2.45) is 0 Å². The molecule has 1 saturated carbocycles. The first-order chi connectivity index (χ1) is 28.9. The van der Waals surface area contributed by atoms with Crippen molar-refractivity contribution in [1.29, 1.82) is 0 Å². The highest BCUT2D eigenvalue weighted by Crippen LogP contribution is 2.47. The standard InChI is InChI=1S/C46H75O13P/c1-3-5-7-9-11-13-15-17-18-19-20-21-23-24-26-28-30-32-34-39(47)56-36-38(37-57-60(54,55)59-46-44(52)42(50)41(49)43(51)45(46)53)58-40(48)35-33-31-29-27-25-22-16-14-12-10-8-6-4-2/h6,8,10,12,14-22,25,38,41-46,49-53H,3-5,7,9,11,13,23-24,26-37H2,1-2H3,(H,54,55)/b8-6+,12-10+,16-14+,17-15+,19-18+,21-20+,25-22+/t38?,41?,42-,43?,44?,45?,46?/m0/s1. The summed E-state index contributed by atoms with van der Waals surface area (Å²) in [7, 11) is -5.14. The van der Waals surface area contributed by atoms with E-state index >= 15 is 0 Å². The predicted octanol–water partition coefficient (Wildman–Crippen LogP) is 8.11. The minimum Gasteiger partial charge on any atom is -0.462 e. The van der Waals surface area contributed by atoms with E-state index in [1.54, 1.807) is 0 Å². The SMILES string of the molecule is CC/C=C/C=C/C=C/C=C/CCCCCC(=O)OC(COC(=O)CCCCCCC/C=C/C=C/C=C/CCCCCCC)COP(=O)(O)OC1C(O)C(O)C(O)[C@H](O)C1O. The number of allylic oxidation sites excluding steroid dienone is 14. The second-order valence-electron chi connectivity index (χ2n) is 15.0. The molecule has 6 N–H and O–H groups in total. The molecule has 60 heavy (non-hydrogen) atoms. The highest BCUT2D eigenvalue weighted by atomic mass is 31.2. The van der Waals surface area contributed by atoms with Gasteiger partial charge in [0, 0.05) is 12.8 Å². The lowest BCUT2D eigenvalue weighted by Gasteiger charge is -2.41. The van der Waals surface area contributed by atoms with Crippen LogP contribution in [0.2, 0.25) is 0 Å². The van der Waals surface area contributed by atoms with Gasteiger partial charge in [0.2, 0.25) is 0 Å². The normalized spacial score (nSPS) is 23.0. The van der Waals surface area contributed by atoms with E-state index in [0.29, 0.717) is 12.8 Å². The highest BCUT2D eigenvalue weighted by Gasteiger charge is 2.51. The summed E-state index contributed by atoms with van der Waals surface area (Å²) >= 11 is 0. The van der Waals surface area contributed by atoms with Gasteiger partial charge in [-0.05, 0) is 57.8 Å². The van der Waals surface area contributed by atoms with E-state index in [1.165, 1.54) is 32.1 Å². The molecule has 0 heterocycles. The van der Waals surface area contributed by atoms with Gasteiger partial charge in [0.05, 0.1) is 6.61 Å². The van der Waals surface area contributed by atoms with Gasteiger partial charge in [0.25, 0.3) is 0 Å². The molecule has 7 unspecified atom stereocenters. The van der Waals surface area contributed by atoms with Gasteiger partial charge in [-0.3, -0.25) is 18.6 Å². The van der Waals surface area contributed by atoms with Crippen molar-refractivity contribution >= 4 is 19.8 Å². The number of aliphatic hydroxyl groups is 5. The molecule has 342 valence electrons. The molecule has 0 aliphatic heterocycles. The zero-order valence-electron chi connectivity index (χ0n) is 36.0. The van der Waals surface area contributed by atoms with E-state index < -0.39 is 75.7 Å². The largest absolute Gasteiger partial charge is 0.472 e. The lowest BCUT2D eigenvalue weighted by Crippen LogP contribution is -2.64. The molecule has 0 saturated heterocycles. The maximum atomic E-state index is 12.8. The van der Waals surface area contributed by atoms with Crippen molar-refractivity contribution in [3.05, 3.63) is 85.1 Å². The Balaban J connectivity index is 2.52. The van der Waals surface area contributed by atoms with Crippen LogP contribution in [0.1, 0.15) is 136 Å². The average molecular weight is 867 g/mol. The minimum absolute atomic E-state index is 0.0408. The zero-order chi connectivity index (χ0) is 44.3. The molecule has 0 bridgehead atoms. The topological polar surface area (TPSA) is 210 Å². The molecule has 1 aliphatic rings. The molecule has 0 radical (unpaired) electrons. The van der Waals surface area contributed by atoms with E-state index in [2.05, 4.69) is 50.3 Å². The van der Waals surface area contributed by atoms with E-state index in [9.17, 15) is 44.6 Å². The highest BCUT2D eigenvalue weighted by molar-refractivity contribution is 7.47. The Morgan fingerprint density at radius 3 is 1.47 bits per heavy atom. The molecule has 14 heteroatoms. The smallest absolute Gasteiger partial charge is 0.462 e. The second kappa shape index (κ2) is 35.6. The summed E-state index contributed by atoms with van der Waals surface area (Å²) in [6.45, 7) is 3.06. The summed E-state index contributed by atoms with van der Waals surface area (Å²) in [5.41, 5.74) is 0. The Labute approximate surface area is 358 Å². The lowest BCUT2D eigenvalue weighted by molar-refractivity contribution is -0.220. The number of esters is 2. The van der Waals surface area contributed by atoms with Gasteiger partial charge in [-0.2, -0.15) is 0 Å². The van der Waals surface area contributed by atoms with Crippen molar-refractivity contribution in [2.45, 2.75) is 179 Å². The first-order valence-electron chi connectivity index (χ1n) is 22.0. The van der Waals surface area contributed by atoms with Crippen LogP contribution in [0.3, 0.4) is 0 Å². The molecule has 0 amide bonds. The third-order valence-electron chi connectivity index (χ3n) is 9.63. The van der Waals surface area contributed by atoms with Crippen molar-refractivity contribution in [2.75, 3.05) is 13.2 Å². The van der Waals surface area contributed by atoms with Crippen LogP contribution in [-0.2, 0) is 32.7 Å². The van der Waals surface area contributed by atoms with Gasteiger partial charge >= 0.3 is 19.8 Å². The number of carbonyl (C=O) groups is 2. The number of unbranched alkanes of at least 4 members (excludes halogenated alkanes) is 13. The summed E-state index contributed by atoms with van der Waals surface area (Å²) in [5, 5.41) is 50.1. The third-order valence-corrected chi connectivity index (χ3v) is 10.6. The lowest BCUT2D eigenvalue weighted by atomic mass is 9.85. The van der Waals surface area contributed by atoms with E-state index in [4.69, 9.17) is 18.5 Å². The fourth-order valence-corrected chi connectivity index (χ4v) is 7.03. The van der Waals surface area contributed by atoms with Crippen LogP contribution in [0.5, 0.6) is 0 Å². The van der Waals surface area contributed by atoms with E-state index in [1.807, 2.05) is 48.6 Å². The number of aliphatic hydroxyl groups excluding tert-OH is 5. The molecular formula is C46H75O13P. The average Bonchev–Trinajstić information content (AvgIpc) is 3.23. The molecule has 1 fully saturated rings. The summed E-state index contributed by atoms with van der Waals surface area (Å²) in [5.74, 6) is -1.18. The summed E-state index contributed by atoms with van der Waals surface area (Å²) in [6, 6.07) is 0. The van der Waals surface area contributed by atoms with Gasteiger partial charge in [0.1, 0.15) is 43.2 Å². The van der Waals surface area contributed by atoms with Crippen LogP contribution < -0.4 is 0 Å². The minimum atomic E-state index is -5.14. The Morgan fingerprint density at radius 1 is 0.533 bits per heavy atom. The summed E-state index contributed by atoms with van der Waals surface area (Å²) < 4.78 is 33.4. The molecular weight excluding hydrogens is 791 g/mol. The summed E-state index contributed by atoms with van der Waals surface area (Å²) in [4.78, 5) is 35.6. The fraction of sp³-hybridized carbons (Fsp3) is 0.652. The number of hydrogen-bond acceptors (Lipinski definition) is 12. The Bertz CT molecular complexity index is 1370. The third kappa shape index (κ3) is 27.8. The zero-order valence-corrected chi connectivity index (χ0v) is 36.9. The predicted molar refractivity (Wildman–Crippen MR) is 235 cm³/mol. The monoisotopic (exact) mass is 866 g/mol. The summed E-state index contributed by atoms with van der Waals surface area (Å²) in [6.07, 6.45) is 32.2. The molecule has 8 atom stereocenters. The molecule has 0 aromatic carbocycles. The number of phosphoric ester groups is 1.